The Bertz CT molecular complexity index is 634. The van der Waals surface area contributed by atoms with E-state index in [2.05, 4.69) is 20.9 Å². The third-order valence-electron chi connectivity index (χ3n) is 2.60. The van der Waals surface area contributed by atoms with Crippen LogP contribution < -0.4 is 15.2 Å². The Kier molecular flexibility index (Phi) is 4.92. The number of methoxy groups -OCH3 is 1. The molecule has 0 spiro atoms. The van der Waals surface area contributed by atoms with E-state index in [0.29, 0.717) is 23.1 Å². The molecule has 2 aromatic rings. The Morgan fingerprint density at radius 1 is 1.30 bits per heavy atom. The zero-order valence-corrected chi connectivity index (χ0v) is 13.2. The van der Waals surface area contributed by atoms with Crippen LogP contribution in [0.15, 0.2) is 41.1 Å². The smallest absolute Gasteiger partial charge is 0.161 e. The van der Waals surface area contributed by atoms with E-state index in [-0.39, 0.29) is 0 Å². The number of rotatable bonds is 5. The standard InChI is InChI=1S/C14H13BrN2O2S/c1-18-13-5-10(14(16)20)2-3-12(13)19-8-9-4-11(15)7-17-6-9/h2-7H,8H2,1H3,(H2,16,20). The van der Waals surface area contributed by atoms with Gasteiger partial charge in [-0.25, -0.2) is 0 Å². The first kappa shape index (κ1) is 14.7. The number of benzene rings is 1. The molecule has 1 heterocycles. The Morgan fingerprint density at radius 3 is 2.75 bits per heavy atom. The van der Waals surface area contributed by atoms with Crippen LogP contribution in [0.2, 0.25) is 0 Å². The topological polar surface area (TPSA) is 57.4 Å². The molecule has 2 rings (SSSR count). The van der Waals surface area contributed by atoms with E-state index in [9.17, 15) is 0 Å². The number of pyridine rings is 1. The second-order valence-corrected chi connectivity index (χ2v) is 5.39. The van der Waals surface area contributed by atoms with E-state index in [0.717, 1.165) is 15.6 Å². The number of hydrogen-bond donors (Lipinski definition) is 1. The monoisotopic (exact) mass is 352 g/mol. The summed E-state index contributed by atoms with van der Waals surface area (Å²) in [5.74, 6) is 1.23. The summed E-state index contributed by atoms with van der Waals surface area (Å²) in [7, 11) is 1.58. The number of nitrogens with two attached hydrogens (primary N) is 1. The zero-order chi connectivity index (χ0) is 14.5. The Morgan fingerprint density at radius 2 is 2.10 bits per heavy atom. The van der Waals surface area contributed by atoms with Crippen LogP contribution in [0.25, 0.3) is 0 Å². The molecule has 0 radical (unpaired) electrons. The van der Waals surface area contributed by atoms with E-state index in [1.54, 1.807) is 37.7 Å². The highest BCUT2D eigenvalue weighted by Gasteiger charge is 2.07. The van der Waals surface area contributed by atoms with Crippen molar-refractivity contribution < 1.29 is 9.47 Å². The minimum atomic E-state index is 0.325. The van der Waals surface area contributed by atoms with Crippen LogP contribution in [0.1, 0.15) is 11.1 Å². The van der Waals surface area contributed by atoms with Gasteiger partial charge in [-0.2, -0.15) is 0 Å². The van der Waals surface area contributed by atoms with Gasteiger partial charge in [0.25, 0.3) is 0 Å². The highest BCUT2D eigenvalue weighted by atomic mass is 79.9. The molecular weight excluding hydrogens is 340 g/mol. The fourth-order valence-electron chi connectivity index (χ4n) is 1.64. The van der Waals surface area contributed by atoms with Crippen molar-refractivity contribution in [1.29, 1.82) is 0 Å². The molecule has 0 atom stereocenters. The zero-order valence-electron chi connectivity index (χ0n) is 10.8. The van der Waals surface area contributed by atoms with Crippen molar-refractivity contribution in [3.63, 3.8) is 0 Å². The largest absolute Gasteiger partial charge is 0.493 e. The summed E-state index contributed by atoms with van der Waals surface area (Å²) in [6.07, 6.45) is 3.47. The van der Waals surface area contributed by atoms with Crippen molar-refractivity contribution >= 4 is 33.1 Å². The maximum atomic E-state index is 5.73. The molecule has 0 aliphatic heterocycles. The average molecular weight is 353 g/mol. The molecule has 0 aliphatic rings. The van der Waals surface area contributed by atoms with E-state index >= 15 is 0 Å². The normalized spacial score (nSPS) is 10.1. The lowest BCUT2D eigenvalue weighted by Gasteiger charge is -2.12. The molecule has 6 heteroatoms. The lowest BCUT2D eigenvalue weighted by atomic mass is 10.2. The predicted octanol–water partition coefficient (Wildman–Crippen LogP) is 3.07. The lowest BCUT2D eigenvalue weighted by molar-refractivity contribution is 0.284. The number of hydrogen-bond acceptors (Lipinski definition) is 4. The van der Waals surface area contributed by atoms with Crippen molar-refractivity contribution in [1.82, 2.24) is 4.98 Å². The first-order valence-corrected chi connectivity index (χ1v) is 7.00. The number of nitrogens with zero attached hydrogens (tertiary/aromatic N) is 1. The van der Waals surface area contributed by atoms with Crippen molar-refractivity contribution in [2.75, 3.05) is 7.11 Å². The van der Waals surface area contributed by atoms with Crippen LogP contribution in [-0.2, 0) is 6.61 Å². The second kappa shape index (κ2) is 6.67. The Balaban J connectivity index is 2.15. The van der Waals surface area contributed by atoms with E-state index < -0.39 is 0 Å². The van der Waals surface area contributed by atoms with Crippen LogP contribution in [0, 0.1) is 0 Å². The summed E-state index contributed by atoms with van der Waals surface area (Å²) < 4.78 is 11.9. The molecule has 20 heavy (non-hydrogen) atoms. The number of halogens is 1. The third kappa shape index (κ3) is 3.68. The maximum Gasteiger partial charge on any atom is 0.161 e. The fourth-order valence-corrected chi connectivity index (χ4v) is 2.18. The predicted molar refractivity (Wildman–Crippen MR) is 85.2 cm³/mol. The van der Waals surface area contributed by atoms with Crippen LogP contribution in [0.3, 0.4) is 0 Å². The third-order valence-corrected chi connectivity index (χ3v) is 3.27. The van der Waals surface area contributed by atoms with Crippen LogP contribution in [-0.4, -0.2) is 17.1 Å². The van der Waals surface area contributed by atoms with Gasteiger partial charge in [-0.1, -0.05) is 12.2 Å². The van der Waals surface area contributed by atoms with Crippen molar-refractivity contribution in [3.8, 4) is 11.5 Å². The maximum absolute atomic E-state index is 5.73. The van der Waals surface area contributed by atoms with Crippen molar-refractivity contribution in [2.24, 2.45) is 5.73 Å². The molecule has 0 saturated heterocycles. The molecule has 0 aliphatic carbocycles. The molecule has 1 aromatic heterocycles. The average Bonchev–Trinajstić information content (AvgIpc) is 2.45. The van der Waals surface area contributed by atoms with Gasteiger partial charge in [-0.3, -0.25) is 4.98 Å². The molecule has 1 aromatic carbocycles. The van der Waals surface area contributed by atoms with Gasteiger partial charge < -0.3 is 15.2 Å². The first-order chi connectivity index (χ1) is 9.60. The first-order valence-electron chi connectivity index (χ1n) is 5.80. The van der Waals surface area contributed by atoms with Crippen LogP contribution >= 0.6 is 28.1 Å². The summed E-state index contributed by atoms with van der Waals surface area (Å²) in [6.45, 7) is 0.398. The molecule has 0 fully saturated rings. The van der Waals surface area contributed by atoms with E-state index in [4.69, 9.17) is 27.4 Å². The molecule has 4 nitrogen and oxygen atoms in total. The van der Waals surface area contributed by atoms with Gasteiger partial charge in [-0.05, 0) is 40.2 Å². The molecular formula is C14H13BrN2O2S. The van der Waals surface area contributed by atoms with Crippen LogP contribution in [0.4, 0.5) is 0 Å². The van der Waals surface area contributed by atoms with Crippen molar-refractivity contribution in [3.05, 3.63) is 52.3 Å². The minimum Gasteiger partial charge on any atom is -0.493 e. The summed E-state index contributed by atoms with van der Waals surface area (Å²) in [5.41, 5.74) is 7.29. The van der Waals surface area contributed by atoms with Gasteiger partial charge in [0.15, 0.2) is 11.5 Å². The fraction of sp³-hybridized carbons (Fsp3) is 0.143. The highest BCUT2D eigenvalue weighted by Crippen LogP contribution is 2.28. The summed E-state index contributed by atoms with van der Waals surface area (Å²) >= 11 is 8.31. The molecule has 104 valence electrons. The Hall–Kier alpha value is -1.66. The number of ether oxygens (including phenoxy) is 2. The summed E-state index contributed by atoms with van der Waals surface area (Å²) in [5, 5.41) is 0. The van der Waals surface area contributed by atoms with Crippen molar-refractivity contribution in [2.45, 2.75) is 6.61 Å². The van der Waals surface area contributed by atoms with Gasteiger partial charge in [0.2, 0.25) is 0 Å². The Labute approximate surface area is 131 Å². The number of aromatic nitrogens is 1. The quantitative estimate of drug-likeness (QED) is 0.838. The summed E-state index contributed by atoms with van der Waals surface area (Å²) in [4.78, 5) is 4.41. The number of thiocarbonyl (C=S) groups is 1. The molecule has 0 bridgehead atoms. The molecule has 0 saturated carbocycles. The van der Waals surface area contributed by atoms with E-state index in [1.807, 2.05) is 6.07 Å². The van der Waals surface area contributed by atoms with Gasteiger partial charge >= 0.3 is 0 Å². The second-order valence-electron chi connectivity index (χ2n) is 4.03. The van der Waals surface area contributed by atoms with Crippen LogP contribution in [0.5, 0.6) is 11.5 Å². The van der Waals surface area contributed by atoms with Gasteiger partial charge in [0, 0.05) is 28.0 Å². The minimum absolute atomic E-state index is 0.325. The molecule has 2 N–H and O–H groups in total. The molecule has 0 amide bonds. The van der Waals surface area contributed by atoms with Gasteiger partial charge in [0.1, 0.15) is 11.6 Å². The molecule has 0 unspecified atom stereocenters. The van der Waals surface area contributed by atoms with Gasteiger partial charge in [-0.15, -0.1) is 0 Å². The highest BCUT2D eigenvalue weighted by molar-refractivity contribution is 9.10. The summed E-state index contributed by atoms with van der Waals surface area (Å²) in [6, 6.07) is 7.30. The lowest BCUT2D eigenvalue weighted by Crippen LogP contribution is -2.09. The van der Waals surface area contributed by atoms with E-state index in [1.165, 1.54) is 0 Å². The SMILES string of the molecule is COc1cc(C(N)=S)ccc1OCc1cncc(Br)c1. The van der Waals surface area contributed by atoms with Gasteiger partial charge in [0.05, 0.1) is 7.11 Å².